The Morgan fingerprint density at radius 3 is 2.59 bits per heavy atom. The summed E-state index contributed by atoms with van der Waals surface area (Å²) in [6.45, 7) is 4.41. The zero-order valence-corrected chi connectivity index (χ0v) is 15.8. The van der Waals surface area contributed by atoms with E-state index in [0.717, 1.165) is 40.6 Å². The highest BCUT2D eigenvalue weighted by Crippen LogP contribution is 2.30. The molecule has 2 heterocycles. The molecule has 1 saturated heterocycles. The van der Waals surface area contributed by atoms with Crippen LogP contribution in [0.1, 0.15) is 35.3 Å². The quantitative estimate of drug-likeness (QED) is 0.728. The molecule has 2 aromatic carbocycles. The minimum absolute atomic E-state index is 0.0622. The van der Waals surface area contributed by atoms with Crippen molar-refractivity contribution in [3.05, 3.63) is 77.9 Å². The lowest BCUT2D eigenvalue weighted by Gasteiger charge is -2.29. The van der Waals surface area contributed by atoms with Crippen molar-refractivity contribution in [3.63, 3.8) is 0 Å². The van der Waals surface area contributed by atoms with Gasteiger partial charge in [0.1, 0.15) is 11.5 Å². The third kappa shape index (κ3) is 3.74. The minimum atomic E-state index is -0.639. The molecule has 1 aromatic heterocycles. The number of carbonyl (C=O) groups is 2. The Morgan fingerprint density at radius 1 is 1.14 bits per heavy atom. The highest BCUT2D eigenvalue weighted by Gasteiger charge is 2.22. The Bertz CT molecular complexity index is 1120. The predicted octanol–water partition coefficient (Wildman–Crippen LogP) is 4.17. The third-order valence-corrected chi connectivity index (χ3v) is 5.16. The van der Waals surface area contributed by atoms with Gasteiger partial charge in [-0.3, -0.25) is 9.59 Å². The van der Waals surface area contributed by atoms with Crippen LogP contribution in [0.4, 0.5) is 4.39 Å². The summed E-state index contributed by atoms with van der Waals surface area (Å²) in [6, 6.07) is 13.3. The number of halogens is 1. The molecule has 2 amide bonds. The predicted molar refractivity (Wildman–Crippen MR) is 109 cm³/mol. The van der Waals surface area contributed by atoms with Crippen LogP contribution in [0.15, 0.2) is 60.8 Å². The first-order chi connectivity index (χ1) is 13.9. The van der Waals surface area contributed by atoms with Crippen molar-refractivity contribution in [3.8, 4) is 11.1 Å². The van der Waals surface area contributed by atoms with Crippen LogP contribution in [0, 0.1) is 5.82 Å². The van der Waals surface area contributed by atoms with Gasteiger partial charge in [-0.1, -0.05) is 30.8 Å². The van der Waals surface area contributed by atoms with Crippen LogP contribution < -0.4 is 5.73 Å². The second-order valence-corrected chi connectivity index (χ2v) is 7.18. The van der Waals surface area contributed by atoms with Crippen molar-refractivity contribution < 1.29 is 14.0 Å². The number of primary amides is 1. The molecular formula is C23H20FN3O2. The third-order valence-electron chi connectivity index (χ3n) is 5.16. The largest absolute Gasteiger partial charge is 0.364 e. The molecule has 1 fully saturated rings. The average molecular weight is 389 g/mol. The number of rotatable bonds is 4. The zero-order chi connectivity index (χ0) is 20.5. The molecule has 0 radical (unpaired) electrons. The lowest BCUT2D eigenvalue weighted by Crippen LogP contribution is -2.32. The van der Waals surface area contributed by atoms with Gasteiger partial charge >= 0.3 is 0 Å². The molecule has 1 aliphatic rings. The number of nitrogens with zero attached hydrogens (tertiary/aromatic N) is 2. The van der Waals surface area contributed by atoms with E-state index in [-0.39, 0.29) is 17.4 Å². The number of aromatic nitrogens is 1. The maximum atomic E-state index is 13.3. The van der Waals surface area contributed by atoms with Crippen molar-refractivity contribution in [2.24, 2.45) is 5.73 Å². The number of likely N-dealkylation sites (tertiary alicyclic amines) is 1. The van der Waals surface area contributed by atoms with E-state index in [1.54, 1.807) is 23.1 Å². The van der Waals surface area contributed by atoms with Gasteiger partial charge < -0.3 is 10.6 Å². The second-order valence-electron chi connectivity index (χ2n) is 7.18. The molecule has 4 rings (SSSR count). The van der Waals surface area contributed by atoms with E-state index in [9.17, 15) is 14.0 Å². The van der Waals surface area contributed by atoms with Crippen LogP contribution in [0.25, 0.3) is 22.0 Å². The van der Waals surface area contributed by atoms with Gasteiger partial charge in [-0.05, 0) is 53.8 Å². The Balaban J connectivity index is 1.79. The first kappa shape index (κ1) is 18.8. The van der Waals surface area contributed by atoms with E-state index in [4.69, 9.17) is 5.73 Å². The SMILES string of the molecule is C=C1CCCC(=O)N1Cc1ccc2c(-c3ccc(F)cc3)cc(C(N)=O)nc2c1. The number of carbonyl (C=O) groups excluding carboxylic acids is 2. The van der Waals surface area contributed by atoms with Crippen LogP contribution in [-0.2, 0) is 11.3 Å². The Kier molecular flexibility index (Phi) is 4.84. The van der Waals surface area contributed by atoms with Crippen LogP contribution in [-0.4, -0.2) is 21.7 Å². The molecule has 2 N–H and O–H groups in total. The Labute approximate surface area is 167 Å². The standard InChI is InChI=1S/C23H20FN3O2/c1-14-3-2-4-22(28)27(14)13-15-5-10-18-19(16-6-8-17(24)9-7-16)12-21(23(25)29)26-20(18)11-15/h5-12H,1-4,13H2,(H2,25,29). The molecule has 0 bridgehead atoms. The van der Waals surface area contributed by atoms with Crippen molar-refractivity contribution >= 4 is 22.7 Å². The molecule has 0 spiro atoms. The van der Waals surface area contributed by atoms with Gasteiger partial charge in [-0.2, -0.15) is 0 Å². The number of pyridine rings is 1. The second kappa shape index (κ2) is 7.47. The molecule has 29 heavy (non-hydrogen) atoms. The van der Waals surface area contributed by atoms with Gasteiger partial charge in [-0.25, -0.2) is 9.37 Å². The van der Waals surface area contributed by atoms with Crippen LogP contribution in [0.3, 0.4) is 0 Å². The summed E-state index contributed by atoms with van der Waals surface area (Å²) < 4.78 is 13.3. The number of hydrogen-bond acceptors (Lipinski definition) is 3. The van der Waals surface area contributed by atoms with Gasteiger partial charge in [0.15, 0.2) is 0 Å². The summed E-state index contributed by atoms with van der Waals surface area (Å²) in [7, 11) is 0. The number of amides is 2. The summed E-state index contributed by atoms with van der Waals surface area (Å²) in [4.78, 5) is 30.1. The summed E-state index contributed by atoms with van der Waals surface area (Å²) in [5.41, 5.74) is 9.39. The van der Waals surface area contributed by atoms with Crippen molar-refractivity contribution in [1.82, 2.24) is 9.88 Å². The van der Waals surface area contributed by atoms with Crippen molar-refractivity contribution in [2.45, 2.75) is 25.8 Å². The molecule has 5 nitrogen and oxygen atoms in total. The molecule has 0 unspecified atom stereocenters. The normalized spacial score (nSPS) is 14.4. The van der Waals surface area contributed by atoms with E-state index in [0.29, 0.717) is 18.5 Å². The molecule has 1 aliphatic heterocycles. The van der Waals surface area contributed by atoms with Crippen LogP contribution in [0.2, 0.25) is 0 Å². The molecule has 3 aromatic rings. The summed E-state index contributed by atoms with van der Waals surface area (Å²) in [6.07, 6.45) is 2.15. The zero-order valence-electron chi connectivity index (χ0n) is 15.8. The number of fused-ring (bicyclic) bond motifs is 1. The summed E-state index contributed by atoms with van der Waals surface area (Å²) >= 11 is 0. The fourth-order valence-corrected chi connectivity index (χ4v) is 3.64. The maximum Gasteiger partial charge on any atom is 0.267 e. The van der Waals surface area contributed by atoms with Crippen molar-refractivity contribution in [2.75, 3.05) is 0 Å². The minimum Gasteiger partial charge on any atom is -0.364 e. The molecule has 0 aliphatic carbocycles. The number of hydrogen-bond donors (Lipinski definition) is 1. The van der Waals surface area contributed by atoms with Gasteiger partial charge in [0, 0.05) is 17.5 Å². The first-order valence-electron chi connectivity index (χ1n) is 9.40. The Morgan fingerprint density at radius 2 is 1.90 bits per heavy atom. The number of benzene rings is 2. The van der Waals surface area contributed by atoms with Gasteiger partial charge in [0.25, 0.3) is 5.91 Å². The van der Waals surface area contributed by atoms with E-state index in [1.807, 2.05) is 18.2 Å². The van der Waals surface area contributed by atoms with E-state index < -0.39 is 5.91 Å². The number of allylic oxidation sites excluding steroid dienone is 1. The monoisotopic (exact) mass is 389 g/mol. The highest BCUT2D eigenvalue weighted by molar-refractivity contribution is 6.01. The van der Waals surface area contributed by atoms with E-state index >= 15 is 0 Å². The maximum absolute atomic E-state index is 13.3. The van der Waals surface area contributed by atoms with Gasteiger partial charge in [0.2, 0.25) is 5.91 Å². The fraction of sp³-hybridized carbons (Fsp3) is 0.174. The molecule has 0 saturated carbocycles. The highest BCUT2D eigenvalue weighted by atomic mass is 19.1. The molecule has 146 valence electrons. The van der Waals surface area contributed by atoms with Gasteiger partial charge in [0.05, 0.1) is 12.1 Å². The van der Waals surface area contributed by atoms with Crippen LogP contribution in [0.5, 0.6) is 0 Å². The van der Waals surface area contributed by atoms with E-state index in [1.165, 1.54) is 12.1 Å². The number of piperidine rings is 1. The smallest absolute Gasteiger partial charge is 0.267 e. The average Bonchev–Trinajstić information content (AvgIpc) is 2.70. The van der Waals surface area contributed by atoms with Gasteiger partial charge in [-0.15, -0.1) is 0 Å². The summed E-state index contributed by atoms with van der Waals surface area (Å²) in [5, 5.41) is 0.814. The lowest BCUT2D eigenvalue weighted by molar-refractivity contribution is -0.131. The molecule has 6 heteroatoms. The summed E-state index contributed by atoms with van der Waals surface area (Å²) in [5.74, 6) is -0.914. The van der Waals surface area contributed by atoms with Crippen molar-refractivity contribution in [1.29, 1.82) is 0 Å². The van der Waals surface area contributed by atoms with E-state index in [2.05, 4.69) is 11.6 Å². The molecular weight excluding hydrogens is 369 g/mol. The fourth-order valence-electron chi connectivity index (χ4n) is 3.64. The number of nitrogens with two attached hydrogens (primary N) is 1. The molecule has 0 atom stereocenters. The Hall–Kier alpha value is -3.54. The topological polar surface area (TPSA) is 76.3 Å². The first-order valence-corrected chi connectivity index (χ1v) is 9.40. The lowest BCUT2D eigenvalue weighted by atomic mass is 9.98. The van der Waals surface area contributed by atoms with Crippen LogP contribution >= 0.6 is 0 Å².